The van der Waals surface area contributed by atoms with Gasteiger partial charge in [-0.3, -0.25) is 14.2 Å². The molecule has 6 aromatic rings. The van der Waals surface area contributed by atoms with Gasteiger partial charge >= 0.3 is 0 Å². The molecule has 0 bridgehead atoms. The summed E-state index contributed by atoms with van der Waals surface area (Å²) in [7, 11) is -1.38. The lowest BCUT2D eigenvalue weighted by Gasteiger charge is -2.21. The van der Waals surface area contributed by atoms with Gasteiger partial charge in [0.1, 0.15) is 28.7 Å². The molecule has 0 atom stereocenters. The molecule has 15 nitrogen and oxygen atoms in total. The molecule has 2 aromatic heterocycles. The molecule has 4 aromatic carbocycles. The van der Waals surface area contributed by atoms with Gasteiger partial charge in [-0.1, -0.05) is 48.5 Å². The van der Waals surface area contributed by atoms with Crippen LogP contribution in [0.25, 0.3) is 0 Å². The second-order valence-electron chi connectivity index (χ2n) is 15.0. The van der Waals surface area contributed by atoms with Crippen molar-refractivity contribution < 1.29 is 40.6 Å². The van der Waals surface area contributed by atoms with Gasteiger partial charge in [0.2, 0.25) is 0 Å². The summed E-state index contributed by atoms with van der Waals surface area (Å²) >= 11 is 0. The third kappa shape index (κ3) is 10.7. The Kier molecular flexibility index (Phi) is 13.8. The second kappa shape index (κ2) is 19.4. The molecular formula is C45H50N6O9S2. The van der Waals surface area contributed by atoms with Crippen molar-refractivity contribution in [3.8, 4) is 23.0 Å². The van der Waals surface area contributed by atoms with Crippen LogP contribution in [0, 0.1) is 0 Å². The normalized spacial score (nSPS) is 14.0. The van der Waals surface area contributed by atoms with E-state index in [4.69, 9.17) is 18.9 Å². The monoisotopic (exact) mass is 882 g/mol. The number of sulfonamides is 2. The summed E-state index contributed by atoms with van der Waals surface area (Å²) in [6.07, 6.45) is 6.28. The van der Waals surface area contributed by atoms with Crippen molar-refractivity contribution in [3.05, 3.63) is 143 Å². The van der Waals surface area contributed by atoms with E-state index >= 15 is 0 Å². The molecule has 17 heteroatoms. The largest absolute Gasteiger partial charge is 0.497 e. The molecule has 0 aliphatic heterocycles. The van der Waals surface area contributed by atoms with Crippen molar-refractivity contribution in [1.29, 1.82) is 0 Å². The topological polar surface area (TPSA) is 164 Å². The van der Waals surface area contributed by atoms with Crippen LogP contribution in [-0.2, 0) is 46.2 Å². The molecule has 0 saturated heterocycles. The van der Waals surface area contributed by atoms with E-state index in [1.807, 2.05) is 72.8 Å². The first-order chi connectivity index (χ1) is 29.9. The fraction of sp³-hybridized carbons (Fsp3) is 0.311. The van der Waals surface area contributed by atoms with E-state index in [1.54, 1.807) is 69.6 Å². The molecule has 0 amide bonds. The maximum Gasteiger partial charge on any atom is 0.263 e. The first kappa shape index (κ1) is 44.1. The standard InChI is InChI=1S/C23H25N3O5S.C22H25N3O4S/c1-30-21-9-3-17(4-10-21)14-25(15-18-5-11-22(31-2)12-6-18)32(28,29)23-13-20(16-27)26(24-23)19-7-8-19;1-28-20-9-3-17(4-10-20)15-24(16-18-5-11-21(29-2)12-6-18)30(26,27)22-13-14-25(23-22)19-7-8-19/h3-6,9-13,16,19H,7-8,14-15H2,1-2H3;3-6,9-14,19H,7-8,15-16H2,1-2H3. The number of ether oxygens (including phenoxy) is 4. The summed E-state index contributed by atoms with van der Waals surface area (Å²) in [5.74, 6) is 2.84. The number of carbonyl (C=O) groups excluding carboxylic acids is 1. The van der Waals surface area contributed by atoms with Gasteiger partial charge in [-0.05, 0) is 103 Å². The van der Waals surface area contributed by atoms with Gasteiger partial charge in [0, 0.05) is 38.4 Å². The van der Waals surface area contributed by atoms with Crippen molar-refractivity contribution in [1.82, 2.24) is 28.2 Å². The van der Waals surface area contributed by atoms with Crippen molar-refractivity contribution in [2.45, 2.75) is 74.0 Å². The summed E-state index contributed by atoms with van der Waals surface area (Å²) in [5.41, 5.74) is 3.63. The molecule has 8 rings (SSSR count). The minimum Gasteiger partial charge on any atom is -0.497 e. The third-order valence-electron chi connectivity index (χ3n) is 10.5. The van der Waals surface area contributed by atoms with E-state index in [9.17, 15) is 21.6 Å². The lowest BCUT2D eigenvalue weighted by Crippen LogP contribution is -2.30. The highest BCUT2D eigenvalue weighted by molar-refractivity contribution is 7.89. The van der Waals surface area contributed by atoms with Gasteiger partial charge in [0.05, 0.1) is 40.5 Å². The number of methoxy groups -OCH3 is 4. The van der Waals surface area contributed by atoms with Crippen molar-refractivity contribution >= 4 is 26.3 Å². The van der Waals surface area contributed by atoms with Crippen LogP contribution in [0.1, 0.15) is 70.5 Å². The van der Waals surface area contributed by atoms with Crippen LogP contribution in [0.3, 0.4) is 0 Å². The predicted molar refractivity (Wildman–Crippen MR) is 231 cm³/mol. The zero-order valence-electron chi connectivity index (χ0n) is 35.0. The summed E-state index contributed by atoms with van der Waals surface area (Å²) in [5, 5.41) is 8.60. The van der Waals surface area contributed by atoms with Gasteiger partial charge in [-0.15, -0.1) is 0 Å². The third-order valence-corrected chi connectivity index (χ3v) is 13.9. The predicted octanol–water partition coefficient (Wildman–Crippen LogP) is 7.07. The van der Waals surface area contributed by atoms with E-state index in [2.05, 4.69) is 10.2 Å². The first-order valence-corrected chi connectivity index (χ1v) is 22.9. The Morgan fingerprint density at radius 3 is 1.21 bits per heavy atom. The Morgan fingerprint density at radius 1 is 0.532 bits per heavy atom. The Bertz CT molecular complexity index is 2540. The summed E-state index contributed by atoms with van der Waals surface area (Å²) in [4.78, 5) is 11.5. The van der Waals surface area contributed by atoms with E-state index < -0.39 is 20.0 Å². The highest BCUT2D eigenvalue weighted by Crippen LogP contribution is 2.37. The van der Waals surface area contributed by atoms with Crippen molar-refractivity contribution in [3.63, 3.8) is 0 Å². The minimum atomic E-state index is -3.97. The zero-order chi connectivity index (χ0) is 43.9. The number of nitrogens with zero attached hydrogens (tertiary/aromatic N) is 6. The van der Waals surface area contributed by atoms with Crippen molar-refractivity contribution in [2.75, 3.05) is 28.4 Å². The maximum atomic E-state index is 13.6. The smallest absolute Gasteiger partial charge is 0.263 e. The SMILES string of the molecule is COc1ccc(CN(Cc2ccc(OC)cc2)S(=O)(=O)c2cc(C=O)n(C3CC3)n2)cc1.COc1ccc(CN(Cc2ccc(OC)cc2)S(=O)(=O)c2ccn(C3CC3)n2)cc1. The van der Waals surface area contributed by atoms with Gasteiger partial charge in [0.15, 0.2) is 16.3 Å². The first-order valence-electron chi connectivity index (χ1n) is 20.1. The zero-order valence-corrected chi connectivity index (χ0v) is 36.7. The number of hydrogen-bond acceptors (Lipinski definition) is 11. The fourth-order valence-electron chi connectivity index (χ4n) is 6.67. The Labute approximate surface area is 362 Å². The van der Waals surface area contributed by atoms with Crippen LogP contribution < -0.4 is 18.9 Å². The molecule has 2 aliphatic carbocycles. The number of aldehydes is 1. The molecule has 0 spiro atoms. The van der Waals surface area contributed by atoms with Crippen LogP contribution in [0.4, 0.5) is 0 Å². The summed E-state index contributed by atoms with van der Waals surface area (Å²) in [6, 6.07) is 32.6. The molecule has 0 unspecified atom stereocenters. The molecule has 2 heterocycles. The number of aromatic nitrogens is 4. The molecular weight excluding hydrogens is 833 g/mol. The highest BCUT2D eigenvalue weighted by Gasteiger charge is 2.34. The van der Waals surface area contributed by atoms with Crippen LogP contribution >= 0.6 is 0 Å². The van der Waals surface area contributed by atoms with Gasteiger partial charge < -0.3 is 18.9 Å². The molecule has 0 radical (unpaired) electrons. The van der Waals surface area contributed by atoms with Crippen LogP contribution in [0.5, 0.6) is 23.0 Å². The van der Waals surface area contributed by atoms with Gasteiger partial charge in [0.25, 0.3) is 20.0 Å². The summed E-state index contributed by atoms with van der Waals surface area (Å²) < 4.78 is 81.0. The van der Waals surface area contributed by atoms with E-state index in [1.165, 1.54) is 19.4 Å². The Balaban J connectivity index is 0.000000187. The fourth-order valence-corrected chi connectivity index (χ4v) is 9.36. The van der Waals surface area contributed by atoms with Gasteiger partial charge in [-0.2, -0.15) is 18.8 Å². The average molecular weight is 883 g/mol. The van der Waals surface area contributed by atoms with E-state index in [-0.39, 0.29) is 48.0 Å². The van der Waals surface area contributed by atoms with Crippen LogP contribution in [0.2, 0.25) is 0 Å². The van der Waals surface area contributed by atoms with Crippen molar-refractivity contribution in [2.24, 2.45) is 0 Å². The van der Waals surface area contributed by atoms with E-state index in [0.717, 1.165) is 59.4 Å². The lowest BCUT2D eigenvalue weighted by atomic mass is 10.2. The second-order valence-corrected chi connectivity index (χ2v) is 18.8. The quantitative estimate of drug-likeness (QED) is 0.0765. The highest BCUT2D eigenvalue weighted by atomic mass is 32.2. The number of hydrogen-bond donors (Lipinski definition) is 0. The maximum absolute atomic E-state index is 13.6. The average Bonchev–Trinajstić information content (AvgIpc) is 4.24. The van der Waals surface area contributed by atoms with E-state index in [0.29, 0.717) is 23.8 Å². The molecule has 2 fully saturated rings. The summed E-state index contributed by atoms with van der Waals surface area (Å²) in [6.45, 7) is 0.749. The number of rotatable bonds is 19. The molecule has 2 saturated carbocycles. The molecule has 326 valence electrons. The Hall–Kier alpha value is -6.01. The molecule has 62 heavy (non-hydrogen) atoms. The molecule has 0 N–H and O–H groups in total. The minimum absolute atomic E-state index is 0.0800. The number of benzene rings is 4. The number of carbonyl (C=O) groups is 1. The Morgan fingerprint density at radius 2 is 0.887 bits per heavy atom. The van der Waals surface area contributed by atoms with Crippen LogP contribution in [-0.4, -0.2) is 79.7 Å². The van der Waals surface area contributed by atoms with Gasteiger partial charge in [-0.25, -0.2) is 16.8 Å². The lowest BCUT2D eigenvalue weighted by molar-refractivity contribution is 0.111. The molecule has 2 aliphatic rings. The van der Waals surface area contributed by atoms with Crippen LogP contribution in [0.15, 0.2) is 125 Å².